The van der Waals surface area contributed by atoms with Crippen molar-refractivity contribution in [3.05, 3.63) is 0 Å². The highest BCUT2D eigenvalue weighted by Gasteiger charge is 2.63. The van der Waals surface area contributed by atoms with E-state index in [-0.39, 0.29) is 19.6 Å². The molecule has 0 radical (unpaired) electrons. The van der Waals surface area contributed by atoms with E-state index in [4.69, 9.17) is 4.74 Å². The molecule has 0 spiro atoms. The average Bonchev–Trinajstić information content (AvgIpc) is 2.20. The predicted molar refractivity (Wildman–Crippen MR) is 54.3 cm³/mol. The smallest absolute Gasteiger partial charge is 0.381 e. The lowest BCUT2D eigenvalue weighted by molar-refractivity contribution is -0.269. The van der Waals surface area contributed by atoms with Crippen LogP contribution in [0.4, 0.5) is 22.0 Å². The summed E-state index contributed by atoms with van der Waals surface area (Å²) in [5, 5.41) is 1.53. The number of alkyl halides is 5. The van der Waals surface area contributed by atoms with Gasteiger partial charge in [0.1, 0.15) is 0 Å². The minimum Gasteiger partial charge on any atom is -0.381 e. The Labute approximate surface area is 102 Å². The summed E-state index contributed by atoms with van der Waals surface area (Å²) in [4.78, 5) is 10.6. The first-order valence-corrected chi connectivity index (χ1v) is 5.39. The number of rotatable bonds is 7. The standard InChI is InChI=1S/C10H16F5NO2/c1-7(2)6-18-5-3-4-16-8(17)9(11,12)10(13,14)15/h7H,3-6H2,1-2H3,(H,16,17). The molecule has 0 saturated carbocycles. The van der Waals surface area contributed by atoms with Gasteiger partial charge in [-0.3, -0.25) is 4.79 Å². The molecule has 1 amide bonds. The molecule has 0 heterocycles. The Morgan fingerprint density at radius 2 is 1.78 bits per heavy atom. The number of nitrogens with one attached hydrogen (secondary N) is 1. The lowest BCUT2D eigenvalue weighted by atomic mass is 10.2. The number of hydrogen-bond donors (Lipinski definition) is 1. The van der Waals surface area contributed by atoms with Gasteiger partial charge in [0.2, 0.25) is 0 Å². The van der Waals surface area contributed by atoms with Crippen LogP contribution >= 0.6 is 0 Å². The van der Waals surface area contributed by atoms with Gasteiger partial charge in [-0.2, -0.15) is 22.0 Å². The van der Waals surface area contributed by atoms with Crippen molar-refractivity contribution in [1.82, 2.24) is 5.32 Å². The second-order valence-corrected chi connectivity index (χ2v) is 4.15. The molecule has 0 bridgehead atoms. The highest BCUT2D eigenvalue weighted by Crippen LogP contribution is 2.35. The summed E-state index contributed by atoms with van der Waals surface area (Å²) >= 11 is 0. The van der Waals surface area contributed by atoms with Gasteiger partial charge in [-0.1, -0.05) is 13.8 Å². The van der Waals surface area contributed by atoms with Crippen LogP contribution in [-0.4, -0.2) is 37.8 Å². The van der Waals surface area contributed by atoms with E-state index in [1.165, 1.54) is 5.32 Å². The molecule has 0 rings (SSSR count). The second-order valence-electron chi connectivity index (χ2n) is 4.15. The summed E-state index contributed by atoms with van der Waals surface area (Å²) in [6.45, 7) is 4.18. The number of hydrogen-bond acceptors (Lipinski definition) is 2. The summed E-state index contributed by atoms with van der Waals surface area (Å²) in [6, 6.07) is 0. The van der Waals surface area contributed by atoms with Crippen molar-refractivity contribution in [1.29, 1.82) is 0 Å². The summed E-state index contributed by atoms with van der Waals surface area (Å²) in [6.07, 6.45) is -5.70. The molecule has 18 heavy (non-hydrogen) atoms. The van der Waals surface area contributed by atoms with Crippen LogP contribution in [0.5, 0.6) is 0 Å². The van der Waals surface area contributed by atoms with Gasteiger partial charge in [0.05, 0.1) is 0 Å². The maximum atomic E-state index is 12.4. The molecule has 0 atom stereocenters. The third kappa shape index (κ3) is 5.61. The van der Waals surface area contributed by atoms with Crippen LogP contribution in [-0.2, 0) is 9.53 Å². The third-order valence-electron chi connectivity index (χ3n) is 1.84. The molecule has 0 aliphatic rings. The maximum Gasteiger partial charge on any atom is 0.463 e. The fourth-order valence-corrected chi connectivity index (χ4v) is 0.935. The minimum absolute atomic E-state index is 0.173. The van der Waals surface area contributed by atoms with Gasteiger partial charge in [-0.15, -0.1) is 0 Å². The molecule has 8 heteroatoms. The lowest BCUT2D eigenvalue weighted by Gasteiger charge is -2.18. The van der Waals surface area contributed by atoms with Crippen molar-refractivity contribution in [3.63, 3.8) is 0 Å². The maximum absolute atomic E-state index is 12.4. The topological polar surface area (TPSA) is 38.3 Å². The average molecular weight is 277 g/mol. The van der Waals surface area contributed by atoms with E-state index in [0.717, 1.165) is 0 Å². The fraction of sp³-hybridized carbons (Fsp3) is 0.900. The van der Waals surface area contributed by atoms with Crippen LogP contribution in [0.2, 0.25) is 0 Å². The quantitative estimate of drug-likeness (QED) is 0.573. The Hall–Kier alpha value is -0.920. The molecule has 0 unspecified atom stereocenters. The van der Waals surface area contributed by atoms with Gasteiger partial charge >= 0.3 is 12.1 Å². The SMILES string of the molecule is CC(C)COCCCNC(=O)C(F)(F)C(F)(F)F. The molecule has 0 aromatic heterocycles. The van der Waals surface area contributed by atoms with E-state index in [0.29, 0.717) is 12.5 Å². The largest absolute Gasteiger partial charge is 0.463 e. The van der Waals surface area contributed by atoms with Gasteiger partial charge in [0.15, 0.2) is 0 Å². The molecular formula is C10H16F5NO2. The lowest BCUT2D eigenvalue weighted by Crippen LogP contribution is -2.50. The van der Waals surface area contributed by atoms with Gasteiger partial charge in [-0.05, 0) is 12.3 Å². The van der Waals surface area contributed by atoms with E-state index >= 15 is 0 Å². The molecule has 0 aromatic carbocycles. The third-order valence-corrected chi connectivity index (χ3v) is 1.84. The number of ether oxygens (including phenoxy) is 1. The zero-order chi connectivity index (χ0) is 14.4. The number of amides is 1. The Bertz CT molecular complexity index is 265. The van der Waals surface area contributed by atoms with Crippen molar-refractivity contribution in [3.8, 4) is 0 Å². The van der Waals surface area contributed by atoms with Gasteiger partial charge in [0.25, 0.3) is 5.91 Å². The molecule has 0 aliphatic heterocycles. The molecule has 0 fully saturated rings. The van der Waals surface area contributed by atoms with Crippen molar-refractivity contribution in [2.45, 2.75) is 32.4 Å². The van der Waals surface area contributed by atoms with E-state index in [1.807, 2.05) is 13.8 Å². The van der Waals surface area contributed by atoms with Crippen LogP contribution in [0.1, 0.15) is 20.3 Å². The van der Waals surface area contributed by atoms with Gasteiger partial charge < -0.3 is 10.1 Å². The highest BCUT2D eigenvalue weighted by atomic mass is 19.4. The molecule has 1 N–H and O–H groups in total. The molecule has 108 valence electrons. The molecule has 3 nitrogen and oxygen atoms in total. The highest BCUT2D eigenvalue weighted by molar-refractivity contribution is 5.84. The first-order chi connectivity index (χ1) is 8.09. The number of carbonyl (C=O) groups excluding carboxylic acids is 1. The number of carbonyl (C=O) groups is 1. The summed E-state index contributed by atoms with van der Waals surface area (Å²) < 4.78 is 65.2. The van der Waals surface area contributed by atoms with Crippen molar-refractivity contribution >= 4 is 5.91 Å². The molecule has 0 aromatic rings. The second kappa shape index (κ2) is 6.86. The Morgan fingerprint density at radius 1 is 1.22 bits per heavy atom. The Balaban J connectivity index is 3.85. The zero-order valence-corrected chi connectivity index (χ0v) is 10.1. The Kier molecular flexibility index (Phi) is 6.51. The van der Waals surface area contributed by atoms with E-state index < -0.39 is 18.0 Å². The minimum atomic E-state index is -5.87. The van der Waals surface area contributed by atoms with E-state index in [1.54, 1.807) is 0 Å². The van der Waals surface area contributed by atoms with Crippen LogP contribution in [0.3, 0.4) is 0 Å². The summed E-state index contributed by atoms with van der Waals surface area (Å²) in [7, 11) is 0. The van der Waals surface area contributed by atoms with Crippen molar-refractivity contribution in [2.75, 3.05) is 19.8 Å². The predicted octanol–water partition coefficient (Wildman–Crippen LogP) is 2.36. The number of halogens is 5. The molecular weight excluding hydrogens is 261 g/mol. The first kappa shape index (κ1) is 17.1. The summed E-state index contributed by atoms with van der Waals surface area (Å²) in [5.41, 5.74) is 0. The fourth-order valence-electron chi connectivity index (χ4n) is 0.935. The van der Waals surface area contributed by atoms with Crippen LogP contribution in [0.15, 0.2) is 0 Å². The van der Waals surface area contributed by atoms with Crippen LogP contribution in [0, 0.1) is 5.92 Å². The first-order valence-electron chi connectivity index (χ1n) is 5.39. The zero-order valence-electron chi connectivity index (χ0n) is 10.1. The summed E-state index contributed by atoms with van der Waals surface area (Å²) in [5.74, 6) is -7.39. The Morgan fingerprint density at radius 3 is 2.22 bits per heavy atom. The van der Waals surface area contributed by atoms with Crippen molar-refractivity contribution in [2.24, 2.45) is 5.92 Å². The van der Waals surface area contributed by atoms with E-state index in [9.17, 15) is 26.7 Å². The van der Waals surface area contributed by atoms with Crippen LogP contribution in [0.25, 0.3) is 0 Å². The monoisotopic (exact) mass is 277 g/mol. The van der Waals surface area contributed by atoms with E-state index in [2.05, 4.69) is 0 Å². The molecule has 0 saturated heterocycles. The van der Waals surface area contributed by atoms with Crippen LogP contribution < -0.4 is 5.32 Å². The van der Waals surface area contributed by atoms with Crippen molar-refractivity contribution < 1.29 is 31.5 Å². The normalized spacial score (nSPS) is 12.9. The molecule has 0 aliphatic carbocycles. The van der Waals surface area contributed by atoms with Gasteiger partial charge in [-0.25, -0.2) is 0 Å². The van der Waals surface area contributed by atoms with Gasteiger partial charge in [0, 0.05) is 19.8 Å².